The number of rotatable bonds is 7. The zero-order valence-electron chi connectivity index (χ0n) is 18.3. The van der Waals surface area contributed by atoms with E-state index in [0.717, 1.165) is 0 Å². The fourth-order valence-corrected chi connectivity index (χ4v) is 6.61. The molecule has 1 fully saturated rings. The van der Waals surface area contributed by atoms with Crippen LogP contribution in [0.5, 0.6) is 5.75 Å². The number of hydrogen-bond donors (Lipinski definition) is 2. The quantitative estimate of drug-likeness (QED) is 0.573. The summed E-state index contributed by atoms with van der Waals surface area (Å²) >= 11 is 0. The fourth-order valence-electron chi connectivity index (χ4n) is 4.51. The minimum Gasteiger partial charge on any atom is -0.465 e. The summed E-state index contributed by atoms with van der Waals surface area (Å²) in [6.07, 6.45) is -1.15. The number of halogens is 1. The number of aliphatic imine (C=N–C) groups is 1. The Balaban J connectivity index is 1.91. The van der Waals surface area contributed by atoms with Crippen LogP contribution in [0.25, 0.3) is 0 Å². The Morgan fingerprint density at radius 3 is 2.29 bits per heavy atom. The number of carbonyl (C=O) groups is 1. The van der Waals surface area contributed by atoms with Gasteiger partial charge in [-0.05, 0) is 56.2 Å². The largest absolute Gasteiger partial charge is 0.465 e. The van der Waals surface area contributed by atoms with E-state index >= 15 is 0 Å². The van der Waals surface area contributed by atoms with Crippen LogP contribution >= 0.6 is 0 Å². The summed E-state index contributed by atoms with van der Waals surface area (Å²) in [7, 11) is -4.42. The third kappa shape index (κ3) is 3.81. The van der Waals surface area contributed by atoms with Crippen molar-refractivity contribution >= 4 is 22.0 Å². The molecule has 0 spiro atoms. The number of carbonyl (C=O) groups excluding carboxylic acids is 1. The lowest BCUT2D eigenvalue weighted by molar-refractivity contribution is -0.157. The van der Waals surface area contributed by atoms with Crippen molar-refractivity contribution in [3.8, 4) is 5.75 Å². The van der Waals surface area contributed by atoms with Gasteiger partial charge in [0.05, 0.1) is 29.9 Å². The lowest BCUT2D eigenvalue weighted by Crippen LogP contribution is -2.55. The first-order valence-corrected chi connectivity index (χ1v) is 12.2. The lowest BCUT2D eigenvalue weighted by Gasteiger charge is -2.40. The summed E-state index contributed by atoms with van der Waals surface area (Å²) in [6, 6.07) is 12.6. The number of aliphatic hydroxyl groups is 2. The summed E-state index contributed by atoms with van der Waals surface area (Å²) in [4.78, 5) is 15.3. The van der Waals surface area contributed by atoms with Gasteiger partial charge in [0.15, 0.2) is 0 Å². The number of hydrogen-bond acceptors (Lipinski definition) is 8. The fraction of sp³-hybridized carbons (Fsp3) is 0.333. The third-order valence-corrected chi connectivity index (χ3v) is 8.47. The van der Waals surface area contributed by atoms with Crippen LogP contribution in [-0.2, 0) is 19.4 Å². The molecule has 8 nitrogen and oxygen atoms in total. The van der Waals surface area contributed by atoms with Crippen LogP contribution in [-0.4, -0.2) is 54.5 Å². The Bertz CT molecular complexity index is 1220. The average molecular weight is 490 g/mol. The van der Waals surface area contributed by atoms with Gasteiger partial charge in [0.2, 0.25) is 14.7 Å². The van der Waals surface area contributed by atoms with Gasteiger partial charge in [0.1, 0.15) is 22.7 Å². The van der Waals surface area contributed by atoms with Crippen molar-refractivity contribution in [1.29, 1.82) is 0 Å². The first-order valence-electron chi connectivity index (χ1n) is 10.7. The second kappa shape index (κ2) is 8.94. The van der Waals surface area contributed by atoms with Crippen LogP contribution in [0.1, 0.15) is 19.8 Å². The topological polar surface area (TPSA) is 122 Å². The van der Waals surface area contributed by atoms with Crippen LogP contribution in [0.4, 0.5) is 4.39 Å². The molecule has 2 aromatic rings. The van der Waals surface area contributed by atoms with E-state index in [1.54, 1.807) is 13.0 Å². The van der Waals surface area contributed by atoms with Crippen molar-refractivity contribution in [2.75, 3.05) is 6.61 Å². The van der Waals surface area contributed by atoms with Crippen molar-refractivity contribution in [2.45, 2.75) is 41.7 Å². The van der Waals surface area contributed by atoms with Gasteiger partial charge in [-0.3, -0.25) is 9.79 Å². The monoisotopic (exact) mass is 489 g/mol. The van der Waals surface area contributed by atoms with Crippen molar-refractivity contribution in [3.63, 3.8) is 0 Å². The van der Waals surface area contributed by atoms with Crippen LogP contribution in [0.3, 0.4) is 0 Å². The summed E-state index contributed by atoms with van der Waals surface area (Å²) in [5, 5.41) is 20.8. The Morgan fingerprint density at radius 2 is 1.71 bits per heavy atom. The van der Waals surface area contributed by atoms with Gasteiger partial charge in [0, 0.05) is 6.08 Å². The molecule has 0 bridgehead atoms. The number of benzene rings is 2. The van der Waals surface area contributed by atoms with E-state index in [9.17, 15) is 27.8 Å². The zero-order valence-corrected chi connectivity index (χ0v) is 19.1. The SMILES string of the molecule is CCOC(=O)C1(C2(S(=O)(=O)c3ccccc3)C=C(Oc3ccc(F)cc3)C=N2)CC(O)C(O)C1. The molecule has 180 valence electrons. The van der Waals surface area contributed by atoms with E-state index in [4.69, 9.17) is 9.47 Å². The van der Waals surface area contributed by atoms with E-state index in [-0.39, 0.29) is 23.0 Å². The molecule has 1 aliphatic heterocycles. The second-order valence-corrected chi connectivity index (χ2v) is 10.3. The first kappa shape index (κ1) is 24.1. The van der Waals surface area contributed by atoms with Crippen LogP contribution < -0.4 is 4.74 Å². The first-order chi connectivity index (χ1) is 16.1. The third-order valence-electron chi connectivity index (χ3n) is 6.15. The number of nitrogens with zero attached hydrogens (tertiary/aromatic N) is 1. The number of esters is 1. The average Bonchev–Trinajstić information content (AvgIpc) is 3.39. The molecule has 10 heteroatoms. The Morgan fingerprint density at radius 1 is 1.09 bits per heavy atom. The molecule has 0 aromatic heterocycles. The predicted octanol–water partition coefficient (Wildman–Crippen LogP) is 2.41. The molecule has 3 unspecified atom stereocenters. The van der Waals surface area contributed by atoms with Gasteiger partial charge >= 0.3 is 5.97 Å². The molecule has 1 aliphatic carbocycles. The van der Waals surface area contributed by atoms with Crippen LogP contribution in [0.15, 0.2) is 76.3 Å². The van der Waals surface area contributed by atoms with Crippen LogP contribution in [0, 0.1) is 11.2 Å². The van der Waals surface area contributed by atoms with Crippen molar-refractivity contribution < 1.29 is 37.3 Å². The number of ether oxygens (including phenoxy) is 2. The zero-order chi connectivity index (χ0) is 24.6. The number of allylic oxidation sites excluding steroid dienone is 1. The van der Waals surface area contributed by atoms with Gasteiger partial charge in [-0.1, -0.05) is 18.2 Å². The molecule has 2 N–H and O–H groups in total. The van der Waals surface area contributed by atoms with Crippen molar-refractivity contribution in [1.82, 2.24) is 0 Å². The highest BCUT2D eigenvalue weighted by Gasteiger charge is 2.69. The summed E-state index contributed by atoms with van der Waals surface area (Å²) in [5.74, 6) is -1.14. The molecule has 34 heavy (non-hydrogen) atoms. The molecule has 3 atom stereocenters. The minimum absolute atomic E-state index is 0.00525. The Labute approximate surface area is 196 Å². The molecule has 4 rings (SSSR count). The molecular formula is C24H24FNO7S. The van der Waals surface area contributed by atoms with Gasteiger partial charge in [-0.15, -0.1) is 0 Å². The second-order valence-electron chi connectivity index (χ2n) is 8.22. The maximum atomic E-state index is 14.1. The van der Waals surface area contributed by atoms with E-state index in [0.29, 0.717) is 0 Å². The maximum absolute atomic E-state index is 14.1. The Kier molecular flexibility index (Phi) is 6.32. The highest BCUT2D eigenvalue weighted by molar-refractivity contribution is 7.93. The van der Waals surface area contributed by atoms with Gasteiger partial charge in [-0.25, -0.2) is 12.8 Å². The van der Waals surface area contributed by atoms with Crippen molar-refractivity contribution in [2.24, 2.45) is 10.4 Å². The van der Waals surface area contributed by atoms with E-state index in [2.05, 4.69) is 4.99 Å². The molecule has 2 aliphatic rings. The molecule has 0 amide bonds. The smallest absolute Gasteiger partial charge is 0.316 e. The van der Waals surface area contributed by atoms with Gasteiger partial charge in [-0.2, -0.15) is 0 Å². The molecular weight excluding hydrogens is 465 g/mol. The normalized spacial score (nSPS) is 28.5. The molecule has 1 saturated carbocycles. The minimum atomic E-state index is -4.42. The Hall–Kier alpha value is -3.08. The van der Waals surface area contributed by atoms with Crippen molar-refractivity contribution in [3.05, 3.63) is 72.2 Å². The maximum Gasteiger partial charge on any atom is 0.316 e. The standard InChI is InChI=1S/C24H24FNO7S/c1-2-32-22(29)23(13-20(27)21(28)14-23)24(34(30,31)19-6-4-3-5-7-19)12-18(15-26-24)33-17-10-8-16(25)9-11-17/h3-12,15,20-21,27-28H,2,13-14H2,1H3. The molecule has 1 heterocycles. The highest BCUT2D eigenvalue weighted by Crippen LogP contribution is 2.56. The van der Waals surface area contributed by atoms with Gasteiger partial charge in [0.25, 0.3) is 0 Å². The lowest BCUT2D eigenvalue weighted by atomic mass is 9.77. The molecule has 2 aromatic carbocycles. The molecule has 0 radical (unpaired) electrons. The van der Waals surface area contributed by atoms with E-state index in [1.807, 2.05) is 0 Å². The van der Waals surface area contributed by atoms with Crippen LogP contribution in [0.2, 0.25) is 0 Å². The number of aliphatic hydroxyl groups excluding tert-OH is 2. The summed E-state index contributed by atoms with van der Waals surface area (Å²) in [6.45, 7) is 1.53. The van der Waals surface area contributed by atoms with E-state index in [1.165, 1.54) is 60.8 Å². The summed E-state index contributed by atoms with van der Waals surface area (Å²) in [5.41, 5.74) is -1.93. The highest BCUT2D eigenvalue weighted by atomic mass is 32.2. The van der Waals surface area contributed by atoms with Gasteiger partial charge < -0.3 is 19.7 Å². The summed E-state index contributed by atoms with van der Waals surface area (Å²) < 4.78 is 52.4. The van der Waals surface area contributed by atoms with E-state index < -0.39 is 57.0 Å². The number of sulfone groups is 1. The molecule has 0 saturated heterocycles. The predicted molar refractivity (Wildman–Crippen MR) is 120 cm³/mol.